The molecule has 0 radical (unpaired) electrons. The molecule has 3 aromatic rings. The van der Waals surface area contributed by atoms with Crippen LogP contribution in [0, 0.1) is 20.8 Å². The molecular weight excluding hydrogens is 308 g/mol. The molecule has 0 aliphatic carbocycles. The first kappa shape index (κ1) is 15.5. The number of hydrogen-bond acceptors (Lipinski definition) is 4. The standard InChI is InChI=1S/C18H18N2O2S/c1-11-5-8-17(22-4)14(9-11)16(21)7-6-15-13(3)19-18-20(15)10-12(2)23-18/h5-10H,1-4H3/b7-6+. The highest BCUT2D eigenvalue weighted by molar-refractivity contribution is 7.17. The molecule has 3 rings (SSSR count). The number of carbonyl (C=O) groups excluding carboxylic acids is 1. The fourth-order valence-corrected chi connectivity index (χ4v) is 3.42. The normalized spacial score (nSPS) is 11.5. The van der Waals surface area contributed by atoms with Gasteiger partial charge in [-0.2, -0.15) is 0 Å². The highest BCUT2D eigenvalue weighted by Crippen LogP contribution is 2.23. The Morgan fingerprint density at radius 1 is 1.30 bits per heavy atom. The lowest BCUT2D eigenvalue weighted by molar-refractivity contribution is 0.104. The first-order valence-electron chi connectivity index (χ1n) is 7.31. The molecule has 0 bridgehead atoms. The molecule has 0 saturated carbocycles. The third kappa shape index (κ3) is 2.92. The number of rotatable bonds is 4. The van der Waals surface area contributed by atoms with Crippen LogP contribution in [-0.2, 0) is 0 Å². The van der Waals surface area contributed by atoms with Gasteiger partial charge in [-0.3, -0.25) is 9.20 Å². The zero-order valence-electron chi connectivity index (χ0n) is 13.6. The maximum absolute atomic E-state index is 12.5. The van der Waals surface area contributed by atoms with Gasteiger partial charge in [-0.25, -0.2) is 4.98 Å². The van der Waals surface area contributed by atoms with Crippen LogP contribution in [-0.4, -0.2) is 22.3 Å². The van der Waals surface area contributed by atoms with Crippen molar-refractivity contribution in [1.82, 2.24) is 9.38 Å². The Hall–Kier alpha value is -2.40. The minimum Gasteiger partial charge on any atom is -0.496 e. The van der Waals surface area contributed by atoms with Crippen LogP contribution in [0.25, 0.3) is 11.0 Å². The molecule has 0 aliphatic heterocycles. The first-order chi connectivity index (χ1) is 11.0. The number of methoxy groups -OCH3 is 1. The predicted molar refractivity (Wildman–Crippen MR) is 93.6 cm³/mol. The zero-order valence-corrected chi connectivity index (χ0v) is 14.4. The van der Waals surface area contributed by atoms with Crippen molar-refractivity contribution in [2.75, 3.05) is 7.11 Å². The van der Waals surface area contributed by atoms with Crippen molar-refractivity contribution in [1.29, 1.82) is 0 Å². The lowest BCUT2D eigenvalue weighted by atomic mass is 10.1. The van der Waals surface area contributed by atoms with E-state index in [1.807, 2.05) is 55.6 Å². The fraction of sp³-hybridized carbons (Fsp3) is 0.222. The van der Waals surface area contributed by atoms with Gasteiger partial charge in [0.05, 0.1) is 24.1 Å². The van der Waals surface area contributed by atoms with Crippen molar-refractivity contribution >= 4 is 28.2 Å². The number of ether oxygens (including phenoxy) is 1. The van der Waals surface area contributed by atoms with Gasteiger partial charge in [0.25, 0.3) is 0 Å². The van der Waals surface area contributed by atoms with Crippen LogP contribution in [0.5, 0.6) is 5.75 Å². The van der Waals surface area contributed by atoms with Gasteiger partial charge in [-0.15, -0.1) is 11.3 Å². The maximum Gasteiger partial charge on any atom is 0.194 e. The molecule has 0 unspecified atom stereocenters. The molecular formula is C18H18N2O2S. The number of allylic oxidation sites excluding steroid dienone is 1. The quantitative estimate of drug-likeness (QED) is 0.532. The molecule has 118 valence electrons. The number of nitrogens with zero attached hydrogens (tertiary/aromatic N) is 2. The van der Waals surface area contributed by atoms with E-state index < -0.39 is 0 Å². The highest BCUT2D eigenvalue weighted by Gasteiger charge is 2.12. The van der Waals surface area contributed by atoms with Gasteiger partial charge in [0.15, 0.2) is 10.7 Å². The van der Waals surface area contributed by atoms with Crippen molar-refractivity contribution in [2.45, 2.75) is 20.8 Å². The van der Waals surface area contributed by atoms with E-state index in [0.29, 0.717) is 11.3 Å². The molecule has 2 aromatic heterocycles. The van der Waals surface area contributed by atoms with E-state index in [1.165, 1.54) is 4.88 Å². The van der Waals surface area contributed by atoms with Crippen LogP contribution in [0.1, 0.15) is 32.2 Å². The lowest BCUT2D eigenvalue weighted by Gasteiger charge is -2.06. The summed E-state index contributed by atoms with van der Waals surface area (Å²) in [6, 6.07) is 5.60. The van der Waals surface area contributed by atoms with Gasteiger partial charge in [0.1, 0.15) is 5.75 Å². The Balaban J connectivity index is 1.97. The largest absolute Gasteiger partial charge is 0.496 e. The second-order valence-electron chi connectivity index (χ2n) is 5.48. The van der Waals surface area contributed by atoms with E-state index in [4.69, 9.17) is 4.74 Å². The van der Waals surface area contributed by atoms with Crippen LogP contribution >= 0.6 is 11.3 Å². The molecule has 4 nitrogen and oxygen atoms in total. The van der Waals surface area contributed by atoms with Gasteiger partial charge in [-0.05, 0) is 45.1 Å². The van der Waals surface area contributed by atoms with Crippen LogP contribution in [0.3, 0.4) is 0 Å². The molecule has 1 aromatic carbocycles. The third-order valence-corrected chi connectivity index (χ3v) is 4.57. The Bertz CT molecular complexity index is 919. The number of benzene rings is 1. The molecule has 2 heterocycles. The molecule has 0 fully saturated rings. The second kappa shape index (κ2) is 6.01. The summed E-state index contributed by atoms with van der Waals surface area (Å²) in [5, 5.41) is 0. The molecule has 0 aliphatic rings. The van der Waals surface area contributed by atoms with Crippen molar-refractivity contribution < 1.29 is 9.53 Å². The average molecular weight is 326 g/mol. The van der Waals surface area contributed by atoms with E-state index in [0.717, 1.165) is 21.9 Å². The zero-order chi connectivity index (χ0) is 16.6. The molecule has 0 N–H and O–H groups in total. The summed E-state index contributed by atoms with van der Waals surface area (Å²) in [5.74, 6) is 0.513. The Morgan fingerprint density at radius 3 is 2.83 bits per heavy atom. The monoisotopic (exact) mass is 326 g/mol. The number of carbonyl (C=O) groups is 1. The number of thiazole rings is 1. The number of aryl methyl sites for hydroxylation is 3. The molecule has 0 saturated heterocycles. The number of hydrogen-bond donors (Lipinski definition) is 0. The summed E-state index contributed by atoms with van der Waals surface area (Å²) < 4.78 is 7.31. The summed E-state index contributed by atoms with van der Waals surface area (Å²) in [5.41, 5.74) is 3.45. The maximum atomic E-state index is 12.5. The van der Waals surface area contributed by atoms with Gasteiger partial charge < -0.3 is 4.74 Å². The summed E-state index contributed by atoms with van der Waals surface area (Å²) in [6.45, 7) is 5.95. The number of fused-ring (bicyclic) bond motifs is 1. The van der Waals surface area contributed by atoms with E-state index in [-0.39, 0.29) is 5.78 Å². The third-order valence-electron chi connectivity index (χ3n) is 3.68. The van der Waals surface area contributed by atoms with Crippen molar-refractivity contribution in [3.63, 3.8) is 0 Å². The highest BCUT2D eigenvalue weighted by atomic mass is 32.1. The average Bonchev–Trinajstić information content (AvgIpc) is 3.00. The summed E-state index contributed by atoms with van der Waals surface area (Å²) in [6.07, 6.45) is 5.45. The van der Waals surface area contributed by atoms with Gasteiger partial charge in [0.2, 0.25) is 0 Å². The van der Waals surface area contributed by atoms with Crippen LogP contribution in [0.2, 0.25) is 0 Å². The summed E-state index contributed by atoms with van der Waals surface area (Å²) in [4.78, 5) is 19.2. The van der Waals surface area contributed by atoms with Crippen LogP contribution < -0.4 is 4.74 Å². The number of imidazole rings is 1. The smallest absolute Gasteiger partial charge is 0.194 e. The predicted octanol–water partition coefficient (Wildman–Crippen LogP) is 4.23. The Labute approximate surface area is 139 Å². The Kier molecular flexibility index (Phi) is 4.05. The minimum atomic E-state index is -0.0770. The van der Waals surface area contributed by atoms with E-state index >= 15 is 0 Å². The van der Waals surface area contributed by atoms with Crippen LogP contribution in [0.4, 0.5) is 0 Å². The van der Waals surface area contributed by atoms with Gasteiger partial charge in [-0.1, -0.05) is 11.6 Å². The van der Waals surface area contributed by atoms with Crippen molar-refractivity contribution in [3.05, 3.63) is 57.9 Å². The van der Waals surface area contributed by atoms with Crippen molar-refractivity contribution in [2.24, 2.45) is 0 Å². The molecule has 5 heteroatoms. The molecule has 0 atom stereocenters. The van der Waals surface area contributed by atoms with Gasteiger partial charge in [0, 0.05) is 11.1 Å². The Morgan fingerprint density at radius 2 is 2.09 bits per heavy atom. The number of aromatic nitrogens is 2. The van der Waals surface area contributed by atoms with E-state index in [1.54, 1.807) is 24.5 Å². The van der Waals surface area contributed by atoms with Crippen molar-refractivity contribution in [3.8, 4) is 5.75 Å². The van der Waals surface area contributed by atoms with E-state index in [2.05, 4.69) is 4.98 Å². The van der Waals surface area contributed by atoms with Gasteiger partial charge >= 0.3 is 0 Å². The van der Waals surface area contributed by atoms with E-state index in [9.17, 15) is 4.79 Å². The SMILES string of the molecule is COc1ccc(C)cc1C(=O)/C=C/c1c(C)nc2sc(C)cn12. The van der Waals surface area contributed by atoms with Crippen LogP contribution in [0.15, 0.2) is 30.5 Å². The minimum absolute atomic E-state index is 0.0770. The lowest BCUT2D eigenvalue weighted by Crippen LogP contribution is -1.99. The molecule has 23 heavy (non-hydrogen) atoms. The summed E-state index contributed by atoms with van der Waals surface area (Å²) in [7, 11) is 1.57. The topological polar surface area (TPSA) is 43.6 Å². The summed E-state index contributed by atoms with van der Waals surface area (Å²) >= 11 is 1.64. The number of ketones is 1. The second-order valence-corrected chi connectivity index (χ2v) is 6.69. The first-order valence-corrected chi connectivity index (χ1v) is 8.13. The fourth-order valence-electron chi connectivity index (χ4n) is 2.54. The molecule has 0 amide bonds. The molecule has 0 spiro atoms.